The molecule has 0 N–H and O–H groups in total. The Hall–Kier alpha value is -2.25. The molecule has 0 saturated carbocycles. The number of furan rings is 1. The number of rotatable bonds is 3. The van der Waals surface area contributed by atoms with Crippen molar-refractivity contribution in [3.8, 4) is 0 Å². The first-order valence-corrected chi connectivity index (χ1v) is 7.47. The molecule has 1 aromatic heterocycles. The molecule has 1 aromatic carbocycles. The van der Waals surface area contributed by atoms with Crippen molar-refractivity contribution >= 4 is 46.5 Å². The maximum atomic E-state index is 13.6. The highest BCUT2D eigenvalue weighted by Crippen LogP contribution is 2.33. The third-order valence-corrected chi connectivity index (χ3v) is 4.09. The van der Waals surface area contributed by atoms with E-state index in [1.165, 1.54) is 24.6 Å². The Balaban J connectivity index is 1.84. The summed E-state index contributed by atoms with van der Waals surface area (Å²) in [7, 11) is 0. The maximum absolute atomic E-state index is 13.6. The molecule has 0 radical (unpaired) electrons. The highest BCUT2D eigenvalue weighted by atomic mass is 32.2. The summed E-state index contributed by atoms with van der Waals surface area (Å²) in [5.41, 5.74) is 0.331. The van der Waals surface area contributed by atoms with Crippen molar-refractivity contribution < 1.29 is 13.6 Å². The monoisotopic (exact) mass is 332 g/mol. The number of nitrogens with zero attached hydrogens (tertiary/aromatic N) is 2. The van der Waals surface area contributed by atoms with Crippen LogP contribution < -0.4 is 0 Å². The summed E-state index contributed by atoms with van der Waals surface area (Å²) < 4.78 is 19.0. The molecule has 4 nitrogen and oxygen atoms in total. The van der Waals surface area contributed by atoms with Gasteiger partial charge in [0.25, 0.3) is 5.91 Å². The summed E-state index contributed by atoms with van der Waals surface area (Å²) in [6.07, 6.45) is 4.37. The van der Waals surface area contributed by atoms with E-state index < -0.39 is 5.82 Å². The third-order valence-electron chi connectivity index (χ3n) is 2.81. The van der Waals surface area contributed by atoms with Crippen LogP contribution in [0.4, 0.5) is 4.39 Å². The first-order valence-electron chi connectivity index (χ1n) is 6.25. The molecule has 0 unspecified atom stereocenters. The first-order chi connectivity index (χ1) is 10.6. The van der Waals surface area contributed by atoms with Crippen LogP contribution in [0.25, 0.3) is 6.08 Å². The van der Waals surface area contributed by atoms with E-state index in [9.17, 15) is 9.18 Å². The summed E-state index contributed by atoms with van der Waals surface area (Å²) >= 11 is 6.21. The van der Waals surface area contributed by atoms with Gasteiger partial charge >= 0.3 is 0 Å². The first kappa shape index (κ1) is 14.7. The average Bonchev–Trinajstić information content (AvgIpc) is 3.10. The van der Waals surface area contributed by atoms with E-state index in [-0.39, 0.29) is 10.2 Å². The fourth-order valence-electron chi connectivity index (χ4n) is 1.77. The van der Waals surface area contributed by atoms with Crippen LogP contribution >= 0.6 is 24.0 Å². The fraction of sp³-hybridized carbons (Fsp3) is 0. The van der Waals surface area contributed by atoms with Crippen LogP contribution in [-0.2, 0) is 4.79 Å². The zero-order valence-corrected chi connectivity index (χ0v) is 12.7. The molecule has 7 heteroatoms. The van der Waals surface area contributed by atoms with Crippen LogP contribution in [0.5, 0.6) is 0 Å². The standard InChI is InChI=1S/C15H9FN2O2S2/c16-12-6-2-1-4-10(12)8-13-14(19)18(15(21)22-13)17-9-11-5-3-7-20-11/h1-9H/b13-8+,17-9+. The smallest absolute Gasteiger partial charge is 0.286 e. The SMILES string of the molecule is O=C1/C(=C\c2ccccc2F)SC(=S)N1/N=C/c1ccco1. The lowest BCUT2D eigenvalue weighted by Gasteiger charge is -2.05. The molecule has 2 heterocycles. The van der Waals surface area contributed by atoms with E-state index in [1.807, 2.05) is 0 Å². The van der Waals surface area contributed by atoms with Gasteiger partial charge in [-0.3, -0.25) is 4.79 Å². The number of carbonyl (C=O) groups is 1. The van der Waals surface area contributed by atoms with E-state index in [2.05, 4.69) is 5.10 Å². The number of hydrazone groups is 1. The molecule has 1 aliphatic heterocycles. The molecule has 3 rings (SSSR count). The zero-order chi connectivity index (χ0) is 15.5. The maximum Gasteiger partial charge on any atom is 0.286 e. The number of thiocarbonyl (C=S) groups is 1. The predicted molar refractivity (Wildman–Crippen MR) is 87.7 cm³/mol. The highest BCUT2D eigenvalue weighted by molar-refractivity contribution is 8.26. The van der Waals surface area contributed by atoms with E-state index in [0.717, 1.165) is 16.8 Å². The number of amides is 1. The molecule has 2 aromatic rings. The van der Waals surface area contributed by atoms with Gasteiger partial charge in [-0.25, -0.2) is 4.39 Å². The summed E-state index contributed by atoms with van der Waals surface area (Å²) in [4.78, 5) is 12.6. The van der Waals surface area contributed by atoms with Crippen LogP contribution in [0.2, 0.25) is 0 Å². The Morgan fingerprint density at radius 3 is 2.82 bits per heavy atom. The van der Waals surface area contributed by atoms with Crippen molar-refractivity contribution in [3.63, 3.8) is 0 Å². The van der Waals surface area contributed by atoms with E-state index in [0.29, 0.717) is 16.2 Å². The van der Waals surface area contributed by atoms with Crippen LogP contribution in [0, 0.1) is 5.82 Å². The van der Waals surface area contributed by atoms with Crippen molar-refractivity contribution in [1.82, 2.24) is 5.01 Å². The Morgan fingerprint density at radius 1 is 1.27 bits per heavy atom. The van der Waals surface area contributed by atoms with Crippen LogP contribution in [0.15, 0.2) is 57.1 Å². The minimum Gasteiger partial charge on any atom is -0.463 e. The third kappa shape index (κ3) is 3.00. The van der Waals surface area contributed by atoms with E-state index in [4.69, 9.17) is 16.6 Å². The number of benzene rings is 1. The predicted octanol–water partition coefficient (Wildman–Crippen LogP) is 3.65. The topological polar surface area (TPSA) is 45.8 Å². The van der Waals surface area contributed by atoms with Gasteiger partial charge in [0.2, 0.25) is 0 Å². The van der Waals surface area contributed by atoms with Gasteiger partial charge in [-0.15, -0.1) is 0 Å². The second kappa shape index (κ2) is 6.25. The quantitative estimate of drug-likeness (QED) is 0.489. The largest absolute Gasteiger partial charge is 0.463 e. The molecule has 1 amide bonds. The van der Waals surface area contributed by atoms with E-state index in [1.54, 1.807) is 30.3 Å². The lowest BCUT2D eigenvalue weighted by atomic mass is 10.2. The van der Waals surface area contributed by atoms with Crippen molar-refractivity contribution in [3.05, 3.63) is 64.7 Å². The Bertz CT molecular complexity index is 785. The molecule has 1 aliphatic rings. The van der Waals surface area contributed by atoms with Gasteiger partial charge in [0.1, 0.15) is 11.6 Å². The Labute approximate surface area is 135 Å². The lowest BCUT2D eigenvalue weighted by Crippen LogP contribution is -2.22. The summed E-state index contributed by atoms with van der Waals surface area (Å²) in [6.45, 7) is 0. The van der Waals surface area contributed by atoms with Crippen molar-refractivity contribution in [1.29, 1.82) is 0 Å². The molecule has 0 spiro atoms. The molecular weight excluding hydrogens is 323 g/mol. The number of hydrogen-bond acceptors (Lipinski definition) is 5. The average molecular weight is 332 g/mol. The van der Waals surface area contributed by atoms with Crippen LogP contribution in [-0.4, -0.2) is 21.5 Å². The number of hydrogen-bond donors (Lipinski definition) is 0. The van der Waals surface area contributed by atoms with Gasteiger partial charge < -0.3 is 4.42 Å². The summed E-state index contributed by atoms with van der Waals surface area (Å²) in [5.74, 6) is -0.278. The van der Waals surface area contributed by atoms with Gasteiger partial charge in [0.15, 0.2) is 4.32 Å². The van der Waals surface area contributed by atoms with Gasteiger partial charge in [-0.05, 0) is 36.5 Å². The number of thioether (sulfide) groups is 1. The Kier molecular flexibility index (Phi) is 4.17. The second-order valence-electron chi connectivity index (χ2n) is 4.28. The Morgan fingerprint density at radius 2 is 2.09 bits per heavy atom. The van der Waals surface area contributed by atoms with Crippen molar-refractivity contribution in [2.75, 3.05) is 0 Å². The van der Waals surface area contributed by atoms with Crippen molar-refractivity contribution in [2.45, 2.75) is 0 Å². The second-order valence-corrected chi connectivity index (χ2v) is 5.95. The van der Waals surface area contributed by atoms with Gasteiger partial charge in [-0.1, -0.05) is 30.0 Å². The molecule has 0 atom stereocenters. The molecule has 1 saturated heterocycles. The van der Waals surface area contributed by atoms with Gasteiger partial charge in [0, 0.05) is 5.56 Å². The number of halogens is 1. The van der Waals surface area contributed by atoms with Gasteiger partial charge in [-0.2, -0.15) is 10.1 Å². The minimum absolute atomic E-state index is 0.287. The fourth-order valence-corrected chi connectivity index (χ4v) is 2.94. The molecular formula is C15H9FN2O2S2. The van der Waals surface area contributed by atoms with Crippen molar-refractivity contribution in [2.24, 2.45) is 5.10 Å². The molecule has 0 aliphatic carbocycles. The molecule has 22 heavy (non-hydrogen) atoms. The molecule has 110 valence electrons. The summed E-state index contributed by atoms with van der Waals surface area (Å²) in [6, 6.07) is 9.63. The van der Waals surface area contributed by atoms with E-state index >= 15 is 0 Å². The highest BCUT2D eigenvalue weighted by Gasteiger charge is 2.32. The van der Waals surface area contributed by atoms with Crippen LogP contribution in [0.3, 0.4) is 0 Å². The minimum atomic E-state index is -0.396. The van der Waals surface area contributed by atoms with Gasteiger partial charge in [0.05, 0.1) is 17.4 Å². The van der Waals surface area contributed by atoms with Crippen LogP contribution in [0.1, 0.15) is 11.3 Å². The summed E-state index contributed by atoms with van der Waals surface area (Å²) in [5, 5.41) is 5.10. The zero-order valence-electron chi connectivity index (χ0n) is 11.1. The molecule has 0 bridgehead atoms. The molecule has 1 fully saturated rings. The normalized spacial score (nSPS) is 17.1. The number of carbonyl (C=O) groups excluding carboxylic acids is 1. The lowest BCUT2D eigenvalue weighted by molar-refractivity contribution is -0.122.